The molecule has 0 fully saturated rings. The third-order valence-corrected chi connectivity index (χ3v) is 3.81. The summed E-state index contributed by atoms with van der Waals surface area (Å²) in [5.41, 5.74) is 2.65. The molecule has 1 aromatic rings. The van der Waals surface area contributed by atoms with Gasteiger partial charge in [0, 0.05) is 0 Å². The van der Waals surface area contributed by atoms with Crippen LogP contribution in [-0.4, -0.2) is 8.32 Å². The lowest BCUT2D eigenvalue weighted by atomic mass is 9.85. The Kier molecular flexibility index (Phi) is 4.15. The van der Waals surface area contributed by atoms with Crippen molar-refractivity contribution >= 4 is 24.2 Å². The van der Waals surface area contributed by atoms with Crippen molar-refractivity contribution in [2.45, 2.75) is 52.8 Å². The first kappa shape index (κ1) is 14.8. The minimum atomic E-state index is -1.59. The normalized spacial score (nSPS) is 12.7. The summed E-state index contributed by atoms with van der Waals surface area (Å²) in [4.78, 5) is 0. The third-order valence-electron chi connectivity index (χ3n) is 2.40. The van der Waals surface area contributed by atoms with E-state index in [1.807, 2.05) is 0 Å². The number of hydrogen-bond donors (Lipinski definition) is 0. The molecule has 96 valence electrons. The topological polar surface area (TPSA) is 9.23 Å². The molecule has 1 rings (SSSR count). The molecule has 0 N–H and O–H groups in total. The van der Waals surface area contributed by atoms with Crippen molar-refractivity contribution in [2.24, 2.45) is 0 Å². The molecule has 0 atom stereocenters. The second-order valence-electron chi connectivity index (χ2n) is 6.59. The molecular formula is C14H23BrOSi. The molecule has 0 saturated heterocycles. The summed E-state index contributed by atoms with van der Waals surface area (Å²) in [5, 5.41) is 0. The predicted molar refractivity (Wildman–Crippen MR) is 81.6 cm³/mol. The van der Waals surface area contributed by atoms with Crippen LogP contribution < -0.4 is 4.43 Å². The van der Waals surface area contributed by atoms with E-state index in [0.717, 1.165) is 10.2 Å². The van der Waals surface area contributed by atoms with E-state index in [1.165, 1.54) is 11.1 Å². The molecule has 0 aliphatic rings. The summed E-state index contributed by atoms with van der Waals surface area (Å²) in [6, 6.07) is 4.37. The Balaban J connectivity index is 3.36. The number of benzene rings is 1. The fourth-order valence-electron chi connectivity index (χ4n) is 1.70. The Hall–Kier alpha value is -0.283. The molecule has 0 aliphatic heterocycles. The van der Waals surface area contributed by atoms with E-state index in [1.54, 1.807) is 0 Å². The van der Waals surface area contributed by atoms with Crippen LogP contribution in [0.15, 0.2) is 16.6 Å². The Morgan fingerprint density at radius 2 is 1.65 bits per heavy atom. The van der Waals surface area contributed by atoms with E-state index < -0.39 is 8.32 Å². The standard InChI is InChI=1S/C14H23BrOSi/c1-10-8-11(14(2,3)4)13(12(15)9-10)16-17(5,6)7/h8-9H,1-7H3. The van der Waals surface area contributed by atoms with Gasteiger partial charge in [0.1, 0.15) is 5.75 Å². The van der Waals surface area contributed by atoms with Crippen LogP contribution in [0.1, 0.15) is 31.9 Å². The lowest BCUT2D eigenvalue weighted by Gasteiger charge is -2.29. The lowest BCUT2D eigenvalue weighted by molar-refractivity contribution is 0.505. The van der Waals surface area contributed by atoms with Gasteiger partial charge in [-0.1, -0.05) is 26.8 Å². The van der Waals surface area contributed by atoms with Crippen molar-refractivity contribution in [2.75, 3.05) is 0 Å². The smallest absolute Gasteiger partial charge is 0.242 e. The average Bonchev–Trinajstić information content (AvgIpc) is 2.05. The zero-order chi connectivity index (χ0) is 13.4. The summed E-state index contributed by atoms with van der Waals surface area (Å²) in [7, 11) is -1.59. The number of rotatable bonds is 2. The van der Waals surface area contributed by atoms with E-state index in [-0.39, 0.29) is 5.41 Å². The summed E-state index contributed by atoms with van der Waals surface area (Å²) in [6.07, 6.45) is 0. The van der Waals surface area contributed by atoms with E-state index in [2.05, 4.69) is 75.4 Å². The van der Waals surface area contributed by atoms with Crippen LogP contribution in [0.3, 0.4) is 0 Å². The van der Waals surface area contributed by atoms with Gasteiger partial charge in [-0.3, -0.25) is 0 Å². The highest BCUT2D eigenvalue weighted by molar-refractivity contribution is 9.10. The summed E-state index contributed by atoms with van der Waals surface area (Å²) in [5.74, 6) is 1.03. The molecule has 1 nitrogen and oxygen atoms in total. The first-order chi connectivity index (χ1) is 7.50. The van der Waals surface area contributed by atoms with Crippen LogP contribution in [0.2, 0.25) is 19.6 Å². The highest BCUT2D eigenvalue weighted by atomic mass is 79.9. The van der Waals surface area contributed by atoms with Crippen LogP contribution in [0.4, 0.5) is 0 Å². The summed E-state index contributed by atoms with van der Waals surface area (Å²) in [6.45, 7) is 15.4. The average molecular weight is 315 g/mol. The van der Waals surface area contributed by atoms with Crippen molar-refractivity contribution in [1.82, 2.24) is 0 Å². The van der Waals surface area contributed by atoms with Crippen LogP contribution >= 0.6 is 15.9 Å². The molecule has 0 saturated carbocycles. The quantitative estimate of drug-likeness (QED) is 0.676. The van der Waals surface area contributed by atoms with Crippen LogP contribution in [-0.2, 0) is 5.41 Å². The van der Waals surface area contributed by atoms with Gasteiger partial charge in [0.15, 0.2) is 0 Å². The zero-order valence-electron chi connectivity index (χ0n) is 11.9. The highest BCUT2D eigenvalue weighted by Gasteiger charge is 2.25. The SMILES string of the molecule is Cc1cc(Br)c(O[Si](C)(C)C)c(C(C)(C)C)c1. The van der Waals surface area contributed by atoms with E-state index in [4.69, 9.17) is 4.43 Å². The number of aryl methyl sites for hydroxylation is 1. The molecule has 17 heavy (non-hydrogen) atoms. The second-order valence-corrected chi connectivity index (χ2v) is 11.9. The largest absolute Gasteiger partial charge is 0.543 e. The molecule has 0 heterocycles. The van der Waals surface area contributed by atoms with Crippen molar-refractivity contribution in [3.63, 3.8) is 0 Å². The van der Waals surface area contributed by atoms with Crippen molar-refractivity contribution in [3.05, 3.63) is 27.7 Å². The lowest BCUT2D eigenvalue weighted by Crippen LogP contribution is -2.31. The predicted octanol–water partition coefficient (Wildman–Crippen LogP) is 5.27. The number of halogens is 1. The first-order valence-electron chi connectivity index (χ1n) is 6.00. The van der Waals surface area contributed by atoms with Gasteiger partial charge in [-0.05, 0) is 65.1 Å². The van der Waals surface area contributed by atoms with E-state index in [0.29, 0.717) is 0 Å². The van der Waals surface area contributed by atoms with E-state index >= 15 is 0 Å². The Bertz CT molecular complexity index is 413. The Morgan fingerprint density at radius 3 is 2.06 bits per heavy atom. The van der Waals surface area contributed by atoms with Gasteiger partial charge < -0.3 is 4.43 Å². The Labute approximate surface area is 115 Å². The fourth-order valence-corrected chi connectivity index (χ4v) is 3.33. The minimum Gasteiger partial charge on any atom is -0.543 e. The van der Waals surface area contributed by atoms with Gasteiger partial charge in [-0.2, -0.15) is 0 Å². The van der Waals surface area contributed by atoms with Gasteiger partial charge in [0.05, 0.1) is 4.47 Å². The Morgan fingerprint density at radius 1 is 1.12 bits per heavy atom. The maximum Gasteiger partial charge on any atom is 0.242 e. The minimum absolute atomic E-state index is 0.101. The maximum atomic E-state index is 6.24. The van der Waals surface area contributed by atoms with Crippen molar-refractivity contribution in [3.8, 4) is 5.75 Å². The fraction of sp³-hybridized carbons (Fsp3) is 0.571. The zero-order valence-corrected chi connectivity index (χ0v) is 14.5. The molecule has 0 unspecified atom stereocenters. The van der Waals surface area contributed by atoms with Crippen molar-refractivity contribution < 1.29 is 4.43 Å². The summed E-state index contributed by atoms with van der Waals surface area (Å²) < 4.78 is 7.31. The molecule has 0 amide bonds. The molecule has 1 aromatic carbocycles. The van der Waals surface area contributed by atoms with Crippen LogP contribution in [0.25, 0.3) is 0 Å². The van der Waals surface area contributed by atoms with Gasteiger partial charge in [0.2, 0.25) is 8.32 Å². The third kappa shape index (κ3) is 4.14. The van der Waals surface area contributed by atoms with Crippen molar-refractivity contribution in [1.29, 1.82) is 0 Å². The number of hydrogen-bond acceptors (Lipinski definition) is 1. The van der Waals surface area contributed by atoms with Gasteiger partial charge in [-0.15, -0.1) is 0 Å². The molecule has 0 bridgehead atoms. The molecule has 0 aliphatic carbocycles. The summed E-state index contributed by atoms with van der Waals surface area (Å²) >= 11 is 3.64. The molecular weight excluding hydrogens is 292 g/mol. The monoisotopic (exact) mass is 314 g/mol. The maximum absolute atomic E-state index is 6.24. The second kappa shape index (κ2) is 4.77. The van der Waals surface area contributed by atoms with Gasteiger partial charge in [0.25, 0.3) is 0 Å². The molecule has 0 aromatic heterocycles. The van der Waals surface area contributed by atoms with Crippen LogP contribution in [0.5, 0.6) is 5.75 Å². The van der Waals surface area contributed by atoms with E-state index in [9.17, 15) is 0 Å². The first-order valence-corrected chi connectivity index (χ1v) is 10.2. The molecule has 0 radical (unpaired) electrons. The molecule has 0 spiro atoms. The van der Waals surface area contributed by atoms with Gasteiger partial charge >= 0.3 is 0 Å². The van der Waals surface area contributed by atoms with Crippen LogP contribution in [0, 0.1) is 6.92 Å². The van der Waals surface area contributed by atoms with Gasteiger partial charge in [-0.25, -0.2) is 0 Å². The molecule has 3 heteroatoms. The highest BCUT2D eigenvalue weighted by Crippen LogP contribution is 2.39.